The van der Waals surface area contributed by atoms with Crippen LogP contribution < -0.4 is 0 Å². The van der Waals surface area contributed by atoms with E-state index in [9.17, 15) is 14.7 Å². The van der Waals surface area contributed by atoms with E-state index in [0.29, 0.717) is 13.1 Å². The summed E-state index contributed by atoms with van der Waals surface area (Å²) < 4.78 is 0. The molecule has 1 fully saturated rings. The Morgan fingerprint density at radius 3 is 2.38 bits per heavy atom. The quantitative estimate of drug-likeness (QED) is 0.646. The van der Waals surface area contributed by atoms with Gasteiger partial charge in [0.1, 0.15) is 0 Å². The van der Waals surface area contributed by atoms with Gasteiger partial charge in [-0.25, -0.2) is 0 Å². The van der Waals surface area contributed by atoms with Gasteiger partial charge in [-0.1, -0.05) is 0 Å². The fraction of sp³-hybridized carbons (Fsp3) is 0.800. The Hall–Kier alpha value is -1.14. The minimum atomic E-state index is -0.975. The summed E-state index contributed by atoms with van der Waals surface area (Å²) in [6.07, 6.45) is -0.705. The van der Waals surface area contributed by atoms with Crippen molar-refractivity contribution in [3.05, 3.63) is 0 Å². The number of aliphatic hydroxyl groups is 1. The smallest absolute Gasteiger partial charge is 0.303 e. The lowest BCUT2D eigenvalue weighted by Gasteiger charge is -2.21. The molecule has 2 atom stereocenters. The molecule has 0 unspecified atom stereocenters. The molecule has 1 rings (SSSR count). The summed E-state index contributed by atoms with van der Waals surface area (Å²) in [6, 6.07) is -0.0613. The van der Waals surface area contributed by atoms with Crippen LogP contribution in [0.2, 0.25) is 0 Å². The van der Waals surface area contributed by atoms with Crippen LogP contribution in [-0.2, 0) is 9.59 Å². The van der Waals surface area contributed by atoms with Crippen molar-refractivity contribution in [1.29, 1.82) is 0 Å². The summed E-state index contributed by atoms with van der Waals surface area (Å²) in [6.45, 7) is 0.758. The number of likely N-dealkylation sites (N-methyl/N-ethyl adjacent to an activating group) is 1. The highest BCUT2D eigenvalue weighted by atomic mass is 16.4. The Labute approximate surface area is 94.4 Å². The van der Waals surface area contributed by atoms with E-state index in [2.05, 4.69) is 0 Å². The molecule has 6 heteroatoms. The van der Waals surface area contributed by atoms with Crippen molar-refractivity contribution in [2.24, 2.45) is 0 Å². The van der Waals surface area contributed by atoms with Gasteiger partial charge < -0.3 is 20.0 Å². The molecule has 6 nitrogen and oxygen atoms in total. The second kappa shape index (κ2) is 5.27. The van der Waals surface area contributed by atoms with Gasteiger partial charge in [0.05, 0.1) is 18.6 Å². The molecule has 0 aromatic carbocycles. The topological polar surface area (TPSA) is 81.1 Å². The number of carbonyl (C=O) groups is 2. The van der Waals surface area contributed by atoms with Gasteiger partial charge in [-0.05, 0) is 14.1 Å². The lowest BCUT2D eigenvalue weighted by atomic mass is 10.2. The van der Waals surface area contributed by atoms with Gasteiger partial charge in [-0.2, -0.15) is 0 Å². The van der Waals surface area contributed by atoms with Crippen LogP contribution in [0.25, 0.3) is 0 Å². The Kier molecular flexibility index (Phi) is 4.26. The second-order valence-electron chi connectivity index (χ2n) is 4.29. The van der Waals surface area contributed by atoms with Crippen molar-refractivity contribution in [3.8, 4) is 0 Å². The van der Waals surface area contributed by atoms with E-state index in [1.807, 2.05) is 19.0 Å². The molecule has 0 aromatic heterocycles. The molecule has 1 aliphatic rings. The summed E-state index contributed by atoms with van der Waals surface area (Å²) in [7, 11) is 3.69. The number of hydrogen-bond donors (Lipinski definition) is 2. The van der Waals surface area contributed by atoms with Gasteiger partial charge in [-0.15, -0.1) is 0 Å². The Morgan fingerprint density at radius 1 is 1.31 bits per heavy atom. The number of hydrogen-bond acceptors (Lipinski definition) is 4. The van der Waals surface area contributed by atoms with E-state index in [4.69, 9.17) is 5.11 Å². The molecule has 0 aromatic rings. The Balaban J connectivity index is 2.45. The molecule has 1 saturated heterocycles. The molecule has 0 saturated carbocycles. The maximum atomic E-state index is 11.6. The molecule has 0 aliphatic carbocycles. The number of carboxylic acids is 1. The zero-order valence-corrected chi connectivity index (χ0v) is 9.59. The average Bonchev–Trinajstić information content (AvgIpc) is 2.56. The van der Waals surface area contributed by atoms with Gasteiger partial charge >= 0.3 is 5.97 Å². The maximum Gasteiger partial charge on any atom is 0.303 e. The van der Waals surface area contributed by atoms with Gasteiger partial charge in [0, 0.05) is 19.5 Å². The first-order valence-corrected chi connectivity index (χ1v) is 5.26. The molecule has 0 bridgehead atoms. The van der Waals surface area contributed by atoms with E-state index < -0.39 is 12.1 Å². The van der Waals surface area contributed by atoms with Crippen LogP contribution in [0.5, 0.6) is 0 Å². The minimum Gasteiger partial charge on any atom is -0.481 e. The van der Waals surface area contributed by atoms with E-state index >= 15 is 0 Å². The molecule has 0 radical (unpaired) electrons. The third-order valence-corrected chi connectivity index (χ3v) is 2.83. The zero-order chi connectivity index (χ0) is 12.3. The lowest BCUT2D eigenvalue weighted by Crippen LogP contribution is -2.38. The van der Waals surface area contributed by atoms with Crippen molar-refractivity contribution in [2.45, 2.75) is 25.0 Å². The lowest BCUT2D eigenvalue weighted by molar-refractivity contribution is -0.140. The van der Waals surface area contributed by atoms with Crippen LogP contribution in [0.3, 0.4) is 0 Å². The van der Waals surface area contributed by atoms with Crippen molar-refractivity contribution in [3.63, 3.8) is 0 Å². The van der Waals surface area contributed by atoms with Gasteiger partial charge in [0.25, 0.3) is 0 Å². The predicted molar refractivity (Wildman–Crippen MR) is 56.9 cm³/mol. The molecule has 0 spiro atoms. The number of nitrogens with zero attached hydrogens (tertiary/aromatic N) is 2. The van der Waals surface area contributed by atoms with E-state index in [0.717, 1.165) is 0 Å². The third-order valence-electron chi connectivity index (χ3n) is 2.83. The number of rotatable bonds is 4. The number of amides is 1. The summed E-state index contributed by atoms with van der Waals surface area (Å²) in [5.74, 6) is -1.18. The maximum absolute atomic E-state index is 11.6. The Morgan fingerprint density at radius 2 is 1.94 bits per heavy atom. The van der Waals surface area contributed by atoms with Crippen molar-refractivity contribution in [2.75, 3.05) is 27.2 Å². The van der Waals surface area contributed by atoms with Crippen molar-refractivity contribution >= 4 is 11.9 Å². The van der Waals surface area contributed by atoms with E-state index in [1.165, 1.54) is 4.90 Å². The first kappa shape index (κ1) is 12.9. The SMILES string of the molecule is CN(C)[C@H]1CN(C(=O)CCC(=O)O)C[C@@H]1O. The van der Waals surface area contributed by atoms with Gasteiger partial charge in [0.15, 0.2) is 0 Å². The zero-order valence-electron chi connectivity index (χ0n) is 9.59. The largest absolute Gasteiger partial charge is 0.481 e. The van der Waals surface area contributed by atoms with Crippen LogP contribution >= 0.6 is 0 Å². The molecule has 16 heavy (non-hydrogen) atoms. The van der Waals surface area contributed by atoms with Gasteiger partial charge in [0.2, 0.25) is 5.91 Å². The van der Waals surface area contributed by atoms with Crippen LogP contribution in [0.15, 0.2) is 0 Å². The summed E-state index contributed by atoms with van der Waals surface area (Å²) in [4.78, 5) is 25.3. The molecule has 1 heterocycles. The van der Waals surface area contributed by atoms with E-state index in [1.54, 1.807) is 0 Å². The second-order valence-corrected chi connectivity index (χ2v) is 4.29. The number of carboxylic acid groups (broad SMARTS) is 1. The highest BCUT2D eigenvalue weighted by Gasteiger charge is 2.34. The van der Waals surface area contributed by atoms with Crippen molar-refractivity contribution < 1.29 is 19.8 Å². The predicted octanol–water partition coefficient (Wildman–Crippen LogP) is -1.02. The number of β-amino-alcohol motifs (C(OH)–C–C–N with tert-alkyl or cyclic N) is 1. The van der Waals surface area contributed by atoms with Crippen LogP contribution in [0.1, 0.15) is 12.8 Å². The first-order valence-electron chi connectivity index (χ1n) is 5.26. The molecule has 92 valence electrons. The normalized spacial score (nSPS) is 25.1. The fourth-order valence-corrected chi connectivity index (χ4v) is 1.85. The van der Waals surface area contributed by atoms with Crippen molar-refractivity contribution in [1.82, 2.24) is 9.80 Å². The monoisotopic (exact) mass is 230 g/mol. The highest BCUT2D eigenvalue weighted by Crippen LogP contribution is 2.15. The molecule has 1 aliphatic heterocycles. The molecule has 1 amide bonds. The standard InChI is InChI=1S/C10H18N2O4/c1-11(2)7-5-12(6-8(7)13)9(14)3-4-10(15)16/h7-8,13H,3-6H2,1-2H3,(H,15,16)/t7-,8-/m0/s1. The molecular weight excluding hydrogens is 212 g/mol. The summed E-state index contributed by atoms with van der Waals surface area (Å²) in [5.41, 5.74) is 0. The number of likely N-dealkylation sites (tertiary alicyclic amines) is 1. The number of aliphatic hydroxyl groups excluding tert-OH is 1. The van der Waals surface area contributed by atoms with Crippen LogP contribution in [-0.4, -0.2) is 71.2 Å². The first-order chi connectivity index (χ1) is 7.41. The number of aliphatic carboxylic acids is 1. The Bertz CT molecular complexity index is 280. The average molecular weight is 230 g/mol. The molecule has 2 N–H and O–H groups in total. The minimum absolute atomic E-state index is 0.00218. The van der Waals surface area contributed by atoms with Crippen LogP contribution in [0.4, 0.5) is 0 Å². The highest BCUT2D eigenvalue weighted by molar-refractivity contribution is 5.81. The molecular formula is C10H18N2O4. The van der Waals surface area contributed by atoms with E-state index in [-0.39, 0.29) is 24.8 Å². The fourth-order valence-electron chi connectivity index (χ4n) is 1.85. The summed E-state index contributed by atoms with van der Waals surface area (Å²) >= 11 is 0. The number of carbonyl (C=O) groups excluding carboxylic acids is 1. The van der Waals surface area contributed by atoms with Gasteiger partial charge in [-0.3, -0.25) is 9.59 Å². The third kappa shape index (κ3) is 3.18. The summed E-state index contributed by atoms with van der Waals surface area (Å²) in [5, 5.41) is 18.2. The van der Waals surface area contributed by atoms with Crippen LogP contribution in [0, 0.1) is 0 Å².